The standard InChI is InChI=1S/C10H9Cl7/c11-2-8(3-12)6-5(14)1-9(8,4-13)10(16,17)7(6)15/h1,6-7H,2-4H2/t6-,7-,9?/m0/s1. The molecule has 98 valence electrons. The van der Waals surface area contributed by atoms with Gasteiger partial charge >= 0.3 is 0 Å². The van der Waals surface area contributed by atoms with Crippen LogP contribution in [0.1, 0.15) is 0 Å². The molecule has 3 atom stereocenters. The molecule has 0 nitrogen and oxygen atoms in total. The van der Waals surface area contributed by atoms with E-state index >= 15 is 0 Å². The molecule has 1 saturated carbocycles. The van der Waals surface area contributed by atoms with Crippen molar-refractivity contribution < 1.29 is 0 Å². The van der Waals surface area contributed by atoms with Gasteiger partial charge in [-0.05, 0) is 0 Å². The SMILES string of the molecule is ClCC1(CCl)[C@H]2C(Cl)=CC1(CCl)C(Cl)(Cl)[C@H]2Cl. The quantitative estimate of drug-likeness (QED) is 0.592. The van der Waals surface area contributed by atoms with Crippen molar-refractivity contribution in [3.8, 4) is 0 Å². The lowest BCUT2D eigenvalue weighted by Gasteiger charge is -2.43. The van der Waals surface area contributed by atoms with E-state index in [1.807, 2.05) is 0 Å². The van der Waals surface area contributed by atoms with Crippen molar-refractivity contribution >= 4 is 81.2 Å². The summed E-state index contributed by atoms with van der Waals surface area (Å²) in [5.41, 5.74) is -1.38. The minimum atomic E-state index is -1.22. The van der Waals surface area contributed by atoms with Crippen LogP contribution >= 0.6 is 81.2 Å². The molecule has 0 N–H and O–H groups in total. The van der Waals surface area contributed by atoms with Gasteiger partial charge in [0.25, 0.3) is 0 Å². The predicted molar refractivity (Wildman–Crippen MR) is 78.5 cm³/mol. The molecule has 1 unspecified atom stereocenters. The summed E-state index contributed by atoms with van der Waals surface area (Å²) in [5, 5.41) is 0.0449. The summed E-state index contributed by atoms with van der Waals surface area (Å²) in [6.45, 7) is 0. The second-order valence-electron chi connectivity index (χ2n) is 4.56. The first kappa shape index (κ1) is 15.2. The van der Waals surface area contributed by atoms with Gasteiger partial charge in [0.05, 0.1) is 5.38 Å². The summed E-state index contributed by atoms with van der Waals surface area (Å²) < 4.78 is -1.22. The molecule has 0 aromatic carbocycles. The molecule has 0 radical (unpaired) electrons. The Bertz CT molecular complexity index is 360. The molecule has 2 rings (SSSR count). The van der Waals surface area contributed by atoms with Gasteiger partial charge in [0.2, 0.25) is 0 Å². The van der Waals surface area contributed by atoms with Gasteiger partial charge in [-0.2, -0.15) is 0 Å². The topological polar surface area (TPSA) is 0 Å². The van der Waals surface area contributed by atoms with E-state index in [2.05, 4.69) is 0 Å². The van der Waals surface area contributed by atoms with E-state index in [1.165, 1.54) is 0 Å². The first-order valence-electron chi connectivity index (χ1n) is 4.92. The van der Waals surface area contributed by atoms with Gasteiger partial charge in [-0.1, -0.05) is 40.9 Å². The lowest BCUT2D eigenvalue weighted by Crippen LogP contribution is -2.49. The van der Waals surface area contributed by atoms with Crippen LogP contribution in [0.25, 0.3) is 0 Å². The highest BCUT2D eigenvalue weighted by Crippen LogP contribution is 2.74. The third kappa shape index (κ3) is 1.53. The monoisotopic (exact) mass is 374 g/mol. The Morgan fingerprint density at radius 3 is 1.94 bits per heavy atom. The maximum atomic E-state index is 6.41. The van der Waals surface area contributed by atoms with E-state index in [4.69, 9.17) is 81.2 Å². The number of alkyl halides is 6. The van der Waals surface area contributed by atoms with E-state index in [-0.39, 0.29) is 23.6 Å². The number of allylic oxidation sites excluding steroid dienone is 2. The van der Waals surface area contributed by atoms with Crippen LogP contribution in [-0.2, 0) is 0 Å². The van der Waals surface area contributed by atoms with Crippen LogP contribution in [0.5, 0.6) is 0 Å². The lowest BCUT2D eigenvalue weighted by molar-refractivity contribution is 0.189. The molecule has 17 heavy (non-hydrogen) atoms. The van der Waals surface area contributed by atoms with Crippen molar-refractivity contribution in [2.24, 2.45) is 16.7 Å². The first-order valence-corrected chi connectivity index (χ1v) is 8.10. The van der Waals surface area contributed by atoms with Crippen molar-refractivity contribution in [2.45, 2.75) is 9.71 Å². The Morgan fingerprint density at radius 1 is 1.06 bits per heavy atom. The molecule has 0 spiro atoms. The van der Waals surface area contributed by atoms with Gasteiger partial charge < -0.3 is 0 Å². The van der Waals surface area contributed by atoms with E-state index in [0.29, 0.717) is 5.03 Å². The van der Waals surface area contributed by atoms with Crippen molar-refractivity contribution in [1.82, 2.24) is 0 Å². The molecule has 0 aromatic heterocycles. The fourth-order valence-electron chi connectivity index (χ4n) is 3.01. The largest absolute Gasteiger partial charge is 0.146 e. The molecular formula is C10H9Cl7. The second kappa shape index (κ2) is 4.65. The van der Waals surface area contributed by atoms with Crippen LogP contribution in [0.15, 0.2) is 11.1 Å². The predicted octanol–water partition coefficient (Wildman–Crippen LogP) is 5.22. The molecular weight excluding hydrogens is 368 g/mol. The zero-order chi connectivity index (χ0) is 13.1. The fraction of sp³-hybridized carbons (Fsp3) is 0.800. The fourth-order valence-corrected chi connectivity index (χ4v) is 6.83. The molecule has 0 aliphatic heterocycles. The smallest absolute Gasteiger partial charge is 0.126 e. The zero-order valence-electron chi connectivity index (χ0n) is 8.50. The molecule has 7 heteroatoms. The molecule has 1 fully saturated rings. The first-order chi connectivity index (χ1) is 7.84. The van der Waals surface area contributed by atoms with Crippen molar-refractivity contribution in [1.29, 1.82) is 0 Å². The Labute approximate surface area is 135 Å². The summed E-state index contributed by atoms with van der Waals surface area (Å²) >= 11 is 43.7. The maximum Gasteiger partial charge on any atom is 0.146 e. The van der Waals surface area contributed by atoms with Crippen LogP contribution in [0.4, 0.5) is 0 Å². The van der Waals surface area contributed by atoms with E-state index in [0.717, 1.165) is 0 Å². The Morgan fingerprint density at radius 2 is 1.59 bits per heavy atom. The molecule has 0 aromatic rings. The summed E-state index contributed by atoms with van der Waals surface area (Å²) in [7, 11) is 0. The summed E-state index contributed by atoms with van der Waals surface area (Å²) in [6, 6.07) is 0. The van der Waals surface area contributed by atoms with Crippen LogP contribution in [0.3, 0.4) is 0 Å². The van der Waals surface area contributed by atoms with E-state index in [9.17, 15) is 0 Å². The second-order valence-corrected chi connectivity index (χ2v) is 7.65. The number of rotatable bonds is 3. The highest BCUT2D eigenvalue weighted by Gasteiger charge is 2.77. The van der Waals surface area contributed by atoms with Crippen molar-refractivity contribution in [2.75, 3.05) is 17.6 Å². The van der Waals surface area contributed by atoms with Crippen molar-refractivity contribution in [3.05, 3.63) is 11.1 Å². The highest BCUT2D eigenvalue weighted by atomic mass is 35.5. The van der Waals surface area contributed by atoms with Gasteiger partial charge in [0.1, 0.15) is 4.33 Å². The van der Waals surface area contributed by atoms with Gasteiger partial charge in [-0.3, -0.25) is 0 Å². The summed E-state index contributed by atoms with van der Waals surface area (Å²) in [5.74, 6) is 0.431. The number of halogens is 7. The third-order valence-electron chi connectivity index (χ3n) is 4.09. The molecule has 2 aliphatic rings. The summed E-state index contributed by atoms with van der Waals surface area (Å²) in [6.07, 6.45) is 1.79. The average Bonchev–Trinajstić information content (AvgIpc) is 2.63. The minimum absolute atomic E-state index is 0.176. The van der Waals surface area contributed by atoms with E-state index < -0.39 is 20.5 Å². The van der Waals surface area contributed by atoms with Gasteiger partial charge in [0, 0.05) is 39.4 Å². The number of hydrogen-bond acceptors (Lipinski definition) is 0. The Hall–Kier alpha value is 1.77. The number of hydrogen-bond donors (Lipinski definition) is 0. The third-order valence-corrected chi connectivity index (χ3v) is 7.75. The van der Waals surface area contributed by atoms with Gasteiger partial charge in [-0.15, -0.1) is 46.4 Å². The van der Waals surface area contributed by atoms with Crippen LogP contribution in [0.2, 0.25) is 0 Å². The van der Waals surface area contributed by atoms with Crippen LogP contribution < -0.4 is 0 Å². The zero-order valence-corrected chi connectivity index (χ0v) is 13.8. The van der Waals surface area contributed by atoms with Gasteiger partial charge in [0.15, 0.2) is 0 Å². The summed E-state index contributed by atoms with van der Waals surface area (Å²) in [4.78, 5) is 0. The maximum absolute atomic E-state index is 6.41. The Kier molecular flexibility index (Phi) is 4.15. The molecule has 2 bridgehead atoms. The number of fused-ring (bicyclic) bond motifs is 2. The minimum Gasteiger partial charge on any atom is -0.126 e. The lowest BCUT2D eigenvalue weighted by atomic mass is 9.69. The average molecular weight is 377 g/mol. The molecule has 2 aliphatic carbocycles. The molecule has 0 heterocycles. The Balaban J connectivity index is 2.68. The molecule has 0 amide bonds. The van der Waals surface area contributed by atoms with Crippen LogP contribution in [-0.4, -0.2) is 27.4 Å². The van der Waals surface area contributed by atoms with E-state index in [1.54, 1.807) is 6.08 Å². The molecule has 0 saturated heterocycles. The van der Waals surface area contributed by atoms with Gasteiger partial charge in [-0.25, -0.2) is 0 Å². The van der Waals surface area contributed by atoms with Crippen molar-refractivity contribution in [3.63, 3.8) is 0 Å². The normalized spacial score (nSPS) is 41.7. The highest BCUT2D eigenvalue weighted by molar-refractivity contribution is 6.54. The van der Waals surface area contributed by atoms with Crippen LogP contribution in [0, 0.1) is 16.7 Å².